The van der Waals surface area contributed by atoms with Crippen LogP contribution in [0.4, 0.5) is 0 Å². The van der Waals surface area contributed by atoms with Gasteiger partial charge >= 0.3 is 0 Å². The Balaban J connectivity index is 2.49. The van der Waals surface area contributed by atoms with Gasteiger partial charge < -0.3 is 4.74 Å². The van der Waals surface area contributed by atoms with Gasteiger partial charge in [0.05, 0.1) is 12.0 Å². The minimum atomic E-state index is -0.0469. The second kappa shape index (κ2) is 3.94. The van der Waals surface area contributed by atoms with Crippen LogP contribution in [0.25, 0.3) is 11.2 Å². The number of nitrogens with zero attached hydrogens (tertiary/aromatic N) is 4. The number of hydrogen-bond acceptors (Lipinski definition) is 4. The molecule has 2 heterocycles. The van der Waals surface area contributed by atoms with E-state index in [1.54, 1.807) is 12.7 Å². The van der Waals surface area contributed by atoms with E-state index < -0.39 is 0 Å². The maximum Gasteiger partial charge on any atom is 0.165 e. The van der Waals surface area contributed by atoms with Crippen LogP contribution in [-0.4, -0.2) is 26.1 Å². The molecule has 0 spiro atoms. The van der Waals surface area contributed by atoms with Crippen molar-refractivity contribution >= 4 is 11.2 Å². The van der Waals surface area contributed by atoms with Gasteiger partial charge in [-0.05, 0) is 20.8 Å². The number of ether oxygens (including phenoxy) is 1. The summed E-state index contributed by atoms with van der Waals surface area (Å²) >= 11 is 0. The molecule has 0 amide bonds. The van der Waals surface area contributed by atoms with Gasteiger partial charge in [-0.25, -0.2) is 15.0 Å². The van der Waals surface area contributed by atoms with E-state index in [1.807, 2.05) is 25.3 Å². The zero-order valence-corrected chi connectivity index (χ0v) is 9.14. The first-order valence-corrected chi connectivity index (χ1v) is 4.99. The minimum absolute atomic E-state index is 0.0469. The van der Waals surface area contributed by atoms with Crippen molar-refractivity contribution in [1.29, 1.82) is 0 Å². The molecular formula is C10H14N4O. The number of hydrogen-bond donors (Lipinski definition) is 0. The van der Waals surface area contributed by atoms with E-state index in [2.05, 4.69) is 15.0 Å². The fraction of sp³-hybridized carbons (Fsp3) is 0.500. The molecule has 2 rings (SSSR count). The normalized spacial score (nSPS) is 13.3. The first-order chi connectivity index (χ1) is 7.24. The number of imidazole rings is 1. The summed E-state index contributed by atoms with van der Waals surface area (Å²) in [6, 6.07) is 0. The monoisotopic (exact) mass is 206 g/mol. The van der Waals surface area contributed by atoms with Crippen molar-refractivity contribution in [3.05, 3.63) is 18.3 Å². The van der Waals surface area contributed by atoms with Gasteiger partial charge in [0.25, 0.3) is 0 Å². The Morgan fingerprint density at radius 1 is 1.40 bits per heavy atom. The standard InChI is InChI=1S/C10H14N4O/c1-4-15-8(3)14-6-13-9-7(2)11-5-12-10(9)14/h5-6,8H,4H2,1-3H3. The highest BCUT2D eigenvalue weighted by Crippen LogP contribution is 2.17. The van der Waals surface area contributed by atoms with Gasteiger partial charge in [-0.2, -0.15) is 0 Å². The van der Waals surface area contributed by atoms with Crippen LogP contribution in [0, 0.1) is 6.92 Å². The van der Waals surface area contributed by atoms with Gasteiger partial charge in [-0.1, -0.05) is 0 Å². The van der Waals surface area contributed by atoms with Gasteiger partial charge in [0, 0.05) is 6.61 Å². The molecule has 2 aromatic heterocycles. The highest BCUT2D eigenvalue weighted by atomic mass is 16.5. The van der Waals surface area contributed by atoms with Gasteiger partial charge in [-0.3, -0.25) is 4.57 Å². The molecule has 0 saturated heterocycles. The van der Waals surface area contributed by atoms with E-state index in [-0.39, 0.29) is 6.23 Å². The van der Waals surface area contributed by atoms with Gasteiger partial charge in [0.2, 0.25) is 0 Å². The van der Waals surface area contributed by atoms with Crippen LogP contribution < -0.4 is 0 Å². The van der Waals surface area contributed by atoms with E-state index in [1.165, 1.54) is 0 Å². The Morgan fingerprint density at radius 2 is 2.20 bits per heavy atom. The molecule has 0 aromatic carbocycles. The molecule has 5 nitrogen and oxygen atoms in total. The maximum absolute atomic E-state index is 5.50. The Labute approximate surface area is 88.1 Å². The highest BCUT2D eigenvalue weighted by molar-refractivity contribution is 5.72. The Morgan fingerprint density at radius 3 is 2.93 bits per heavy atom. The van der Waals surface area contributed by atoms with Crippen LogP contribution in [0.3, 0.4) is 0 Å². The van der Waals surface area contributed by atoms with Crippen LogP contribution in [0.2, 0.25) is 0 Å². The van der Waals surface area contributed by atoms with Crippen LogP contribution in [0.15, 0.2) is 12.7 Å². The van der Waals surface area contributed by atoms with Crippen molar-refractivity contribution in [2.75, 3.05) is 6.61 Å². The SMILES string of the molecule is CCOC(C)n1cnc2c(C)ncnc21. The predicted octanol–water partition coefficient (Wildman–Crippen LogP) is 1.69. The van der Waals surface area contributed by atoms with Crippen molar-refractivity contribution in [3.63, 3.8) is 0 Å². The van der Waals surface area contributed by atoms with Crippen LogP contribution in [-0.2, 0) is 4.74 Å². The molecule has 15 heavy (non-hydrogen) atoms. The lowest BCUT2D eigenvalue weighted by Crippen LogP contribution is -2.08. The zero-order chi connectivity index (χ0) is 10.8. The molecule has 0 aliphatic rings. The molecular weight excluding hydrogens is 192 g/mol. The summed E-state index contributed by atoms with van der Waals surface area (Å²) in [6.07, 6.45) is 3.25. The van der Waals surface area contributed by atoms with Crippen molar-refractivity contribution < 1.29 is 4.74 Å². The van der Waals surface area contributed by atoms with Crippen molar-refractivity contribution in [1.82, 2.24) is 19.5 Å². The largest absolute Gasteiger partial charge is 0.359 e. The van der Waals surface area contributed by atoms with Gasteiger partial charge in [0.1, 0.15) is 18.1 Å². The molecule has 0 aliphatic heterocycles. The summed E-state index contributed by atoms with van der Waals surface area (Å²) in [5.41, 5.74) is 2.55. The van der Waals surface area contributed by atoms with Crippen molar-refractivity contribution in [2.45, 2.75) is 27.0 Å². The average molecular weight is 206 g/mol. The van der Waals surface area contributed by atoms with Crippen molar-refractivity contribution in [2.24, 2.45) is 0 Å². The number of fused-ring (bicyclic) bond motifs is 1. The average Bonchev–Trinajstić information content (AvgIpc) is 2.63. The second-order valence-electron chi connectivity index (χ2n) is 3.34. The quantitative estimate of drug-likeness (QED) is 0.766. The van der Waals surface area contributed by atoms with Gasteiger partial charge in [0.15, 0.2) is 5.65 Å². The highest BCUT2D eigenvalue weighted by Gasteiger charge is 2.11. The molecule has 5 heteroatoms. The molecule has 0 N–H and O–H groups in total. The Hall–Kier alpha value is -1.49. The van der Waals surface area contributed by atoms with E-state index >= 15 is 0 Å². The van der Waals surface area contributed by atoms with Crippen LogP contribution in [0.1, 0.15) is 25.8 Å². The zero-order valence-electron chi connectivity index (χ0n) is 9.14. The molecule has 0 saturated carbocycles. The van der Waals surface area contributed by atoms with Crippen molar-refractivity contribution in [3.8, 4) is 0 Å². The summed E-state index contributed by atoms with van der Waals surface area (Å²) < 4.78 is 7.41. The smallest absolute Gasteiger partial charge is 0.165 e. The fourth-order valence-corrected chi connectivity index (χ4v) is 1.56. The lowest BCUT2D eigenvalue weighted by Gasteiger charge is -2.13. The topological polar surface area (TPSA) is 52.8 Å². The molecule has 1 unspecified atom stereocenters. The number of rotatable bonds is 3. The third kappa shape index (κ3) is 1.70. The third-order valence-corrected chi connectivity index (χ3v) is 2.34. The van der Waals surface area contributed by atoms with E-state index in [0.717, 1.165) is 16.9 Å². The van der Waals surface area contributed by atoms with E-state index in [0.29, 0.717) is 6.61 Å². The second-order valence-corrected chi connectivity index (χ2v) is 3.34. The van der Waals surface area contributed by atoms with E-state index in [4.69, 9.17) is 4.74 Å². The lowest BCUT2D eigenvalue weighted by atomic mass is 10.4. The van der Waals surface area contributed by atoms with Crippen LogP contribution in [0.5, 0.6) is 0 Å². The Bertz CT molecular complexity index is 465. The molecule has 0 aliphatic carbocycles. The molecule has 1 atom stereocenters. The van der Waals surface area contributed by atoms with E-state index in [9.17, 15) is 0 Å². The summed E-state index contributed by atoms with van der Waals surface area (Å²) in [5.74, 6) is 0. The fourth-order valence-electron chi connectivity index (χ4n) is 1.56. The summed E-state index contributed by atoms with van der Waals surface area (Å²) in [7, 11) is 0. The molecule has 0 fully saturated rings. The summed E-state index contributed by atoms with van der Waals surface area (Å²) in [6.45, 7) is 6.54. The van der Waals surface area contributed by atoms with Crippen LogP contribution >= 0.6 is 0 Å². The lowest BCUT2D eigenvalue weighted by molar-refractivity contribution is 0.0272. The predicted molar refractivity (Wildman–Crippen MR) is 56.4 cm³/mol. The maximum atomic E-state index is 5.50. The summed E-state index contributed by atoms with van der Waals surface area (Å²) in [4.78, 5) is 12.6. The molecule has 0 radical (unpaired) electrons. The molecule has 2 aromatic rings. The Kier molecular flexibility index (Phi) is 2.64. The summed E-state index contributed by atoms with van der Waals surface area (Å²) in [5, 5.41) is 0. The molecule has 0 bridgehead atoms. The first-order valence-electron chi connectivity index (χ1n) is 4.99. The number of aryl methyl sites for hydroxylation is 1. The number of aromatic nitrogens is 4. The van der Waals surface area contributed by atoms with Gasteiger partial charge in [-0.15, -0.1) is 0 Å². The molecule has 80 valence electrons. The first kappa shape index (κ1) is 10.0. The third-order valence-electron chi connectivity index (χ3n) is 2.34. The minimum Gasteiger partial charge on any atom is -0.359 e.